The molecule has 3 N–H and O–H groups in total. The Morgan fingerprint density at radius 3 is 2.70 bits per heavy atom. The molecule has 0 aromatic carbocycles. The molecular weight excluding hydrogens is 475 g/mol. The van der Waals surface area contributed by atoms with Gasteiger partial charge < -0.3 is 20.5 Å². The van der Waals surface area contributed by atoms with Crippen molar-refractivity contribution < 1.29 is 9.84 Å². The molecule has 1 aromatic heterocycles. The van der Waals surface area contributed by atoms with Crippen molar-refractivity contribution in [3.05, 3.63) is 22.4 Å². The van der Waals surface area contributed by atoms with E-state index in [1.807, 2.05) is 0 Å². The van der Waals surface area contributed by atoms with Gasteiger partial charge in [0.25, 0.3) is 0 Å². The molecule has 0 spiro atoms. The zero-order valence-corrected chi connectivity index (χ0v) is 19.3. The Hall–Kier alpha value is -0.420. The van der Waals surface area contributed by atoms with Crippen molar-refractivity contribution in [2.45, 2.75) is 44.2 Å². The van der Waals surface area contributed by atoms with Gasteiger partial charge in [0.15, 0.2) is 5.96 Å². The highest BCUT2D eigenvalue weighted by Gasteiger charge is 2.31. The first kappa shape index (κ1) is 22.9. The number of hydrogen-bond acceptors (Lipinski definition) is 5. The Morgan fingerprint density at radius 1 is 1.33 bits per heavy atom. The Bertz CT molecular complexity index is 558. The summed E-state index contributed by atoms with van der Waals surface area (Å²) in [4.78, 5) is 8.52. The highest BCUT2D eigenvalue weighted by atomic mass is 127. The quantitative estimate of drug-likeness (QED) is 0.300. The molecule has 1 atom stereocenters. The first-order valence-electron chi connectivity index (χ1n) is 9.80. The fraction of sp³-hybridized carbons (Fsp3) is 0.737. The van der Waals surface area contributed by atoms with Crippen molar-refractivity contribution in [1.29, 1.82) is 0 Å². The molecule has 1 saturated carbocycles. The Labute approximate surface area is 183 Å². The van der Waals surface area contributed by atoms with Gasteiger partial charge in [0, 0.05) is 31.1 Å². The second-order valence-corrected chi connectivity index (χ2v) is 8.17. The number of guanidine groups is 1. The molecule has 154 valence electrons. The van der Waals surface area contributed by atoms with Gasteiger partial charge in [-0.1, -0.05) is 18.9 Å². The summed E-state index contributed by atoms with van der Waals surface area (Å²) >= 11 is 1.80. The van der Waals surface area contributed by atoms with E-state index in [2.05, 4.69) is 45.0 Å². The minimum atomic E-state index is -0.611. The second-order valence-electron chi connectivity index (χ2n) is 7.19. The number of nitrogens with zero attached hydrogens (tertiary/aromatic N) is 2. The number of aliphatic imine (C=N–C) groups is 1. The van der Waals surface area contributed by atoms with Crippen LogP contribution in [0.5, 0.6) is 0 Å². The van der Waals surface area contributed by atoms with Crippen LogP contribution < -0.4 is 10.6 Å². The molecule has 0 amide bonds. The number of hydrogen-bond donors (Lipinski definition) is 3. The maximum absolute atomic E-state index is 10.6. The first-order chi connectivity index (χ1) is 12.7. The van der Waals surface area contributed by atoms with Crippen LogP contribution in [0.25, 0.3) is 0 Å². The molecule has 1 aliphatic carbocycles. The lowest BCUT2D eigenvalue weighted by molar-refractivity contribution is 0.0177. The summed E-state index contributed by atoms with van der Waals surface area (Å²) in [7, 11) is 0. The van der Waals surface area contributed by atoms with Gasteiger partial charge in [0.05, 0.1) is 31.4 Å². The SMILES string of the molecule is CCNC(=NCC1(O)CCCC1)NCC(c1cccs1)N1CCOCC1.I. The van der Waals surface area contributed by atoms with Crippen LogP contribution in [0.4, 0.5) is 0 Å². The summed E-state index contributed by atoms with van der Waals surface area (Å²) in [6.45, 7) is 7.65. The zero-order chi connectivity index (χ0) is 18.2. The lowest BCUT2D eigenvalue weighted by Gasteiger charge is -2.34. The molecule has 1 aromatic rings. The van der Waals surface area contributed by atoms with E-state index in [4.69, 9.17) is 4.74 Å². The molecule has 27 heavy (non-hydrogen) atoms. The first-order valence-corrected chi connectivity index (χ1v) is 10.7. The lowest BCUT2D eigenvalue weighted by atomic mass is 10.0. The average molecular weight is 508 g/mol. The van der Waals surface area contributed by atoms with Crippen LogP contribution in [0.15, 0.2) is 22.5 Å². The number of morpholine rings is 1. The molecule has 1 unspecified atom stereocenters. The fourth-order valence-corrected chi connectivity index (χ4v) is 4.59. The van der Waals surface area contributed by atoms with Crippen molar-refractivity contribution in [3.63, 3.8) is 0 Å². The number of thiophene rings is 1. The van der Waals surface area contributed by atoms with Crippen LogP contribution in [0.3, 0.4) is 0 Å². The zero-order valence-electron chi connectivity index (χ0n) is 16.2. The largest absolute Gasteiger partial charge is 0.388 e. The van der Waals surface area contributed by atoms with Gasteiger partial charge in [-0.05, 0) is 31.2 Å². The molecule has 0 bridgehead atoms. The molecule has 1 aliphatic heterocycles. The Kier molecular flexibility index (Phi) is 9.78. The number of aliphatic hydroxyl groups is 1. The third-order valence-corrected chi connectivity index (χ3v) is 6.20. The van der Waals surface area contributed by atoms with E-state index in [1.165, 1.54) is 4.88 Å². The molecule has 0 radical (unpaired) electrons. The summed E-state index contributed by atoms with van der Waals surface area (Å²) in [5.41, 5.74) is -0.611. The van der Waals surface area contributed by atoms with E-state index in [0.29, 0.717) is 12.6 Å². The van der Waals surface area contributed by atoms with Crippen LogP contribution in [0, 0.1) is 0 Å². The molecule has 3 rings (SSSR count). The summed E-state index contributed by atoms with van der Waals surface area (Å²) in [6.07, 6.45) is 3.93. The van der Waals surface area contributed by atoms with E-state index < -0.39 is 5.60 Å². The van der Waals surface area contributed by atoms with E-state index in [0.717, 1.165) is 71.0 Å². The van der Waals surface area contributed by atoms with E-state index in [-0.39, 0.29) is 24.0 Å². The van der Waals surface area contributed by atoms with Gasteiger partial charge >= 0.3 is 0 Å². The number of ether oxygens (including phenoxy) is 1. The van der Waals surface area contributed by atoms with Gasteiger partial charge in [0.1, 0.15) is 0 Å². The van der Waals surface area contributed by atoms with Crippen LogP contribution in [-0.4, -0.2) is 67.5 Å². The molecule has 2 aliphatic rings. The van der Waals surface area contributed by atoms with Crippen LogP contribution in [0.1, 0.15) is 43.5 Å². The predicted molar refractivity (Wildman–Crippen MR) is 122 cm³/mol. The maximum atomic E-state index is 10.6. The molecule has 8 heteroatoms. The fourth-order valence-electron chi connectivity index (χ4n) is 3.73. The molecule has 1 saturated heterocycles. The second kappa shape index (κ2) is 11.5. The molecular formula is C19H33IN4O2S. The minimum Gasteiger partial charge on any atom is -0.388 e. The standard InChI is InChI=1S/C19H32N4O2S.HI/c1-2-20-18(22-15-19(24)7-3-4-8-19)21-14-16(17-6-5-13-26-17)23-9-11-25-12-10-23;/h5-6,13,16,24H,2-4,7-12,14-15H2,1H3,(H2,20,21,22);1H. The highest BCUT2D eigenvalue weighted by Crippen LogP contribution is 2.29. The Balaban J connectivity index is 0.00000261. The molecule has 6 nitrogen and oxygen atoms in total. The number of halogens is 1. The maximum Gasteiger partial charge on any atom is 0.191 e. The van der Waals surface area contributed by atoms with Crippen LogP contribution in [0.2, 0.25) is 0 Å². The summed E-state index contributed by atoms with van der Waals surface area (Å²) in [5.74, 6) is 0.794. The highest BCUT2D eigenvalue weighted by molar-refractivity contribution is 14.0. The molecule has 2 heterocycles. The number of rotatable bonds is 7. The summed E-state index contributed by atoms with van der Waals surface area (Å²) in [5, 5.41) is 19.5. The lowest BCUT2D eigenvalue weighted by Crippen LogP contribution is -2.46. The predicted octanol–water partition coefficient (Wildman–Crippen LogP) is 2.60. The Morgan fingerprint density at radius 2 is 2.07 bits per heavy atom. The smallest absolute Gasteiger partial charge is 0.191 e. The van der Waals surface area contributed by atoms with Gasteiger partial charge in [-0.2, -0.15) is 0 Å². The summed E-state index contributed by atoms with van der Waals surface area (Å²) < 4.78 is 5.52. The van der Waals surface area contributed by atoms with Crippen molar-refractivity contribution in [2.24, 2.45) is 4.99 Å². The van der Waals surface area contributed by atoms with E-state index >= 15 is 0 Å². The third kappa shape index (κ3) is 6.85. The summed E-state index contributed by atoms with van der Waals surface area (Å²) in [6, 6.07) is 4.64. The van der Waals surface area contributed by atoms with Crippen molar-refractivity contribution >= 4 is 41.3 Å². The van der Waals surface area contributed by atoms with Crippen LogP contribution in [-0.2, 0) is 4.74 Å². The van der Waals surface area contributed by atoms with Crippen molar-refractivity contribution in [1.82, 2.24) is 15.5 Å². The minimum absolute atomic E-state index is 0. The topological polar surface area (TPSA) is 69.1 Å². The van der Waals surface area contributed by atoms with Gasteiger partial charge in [-0.3, -0.25) is 9.89 Å². The normalized spacial score (nSPS) is 21.5. The van der Waals surface area contributed by atoms with E-state index in [9.17, 15) is 5.11 Å². The number of nitrogens with one attached hydrogen (secondary N) is 2. The van der Waals surface area contributed by atoms with Crippen molar-refractivity contribution in [3.8, 4) is 0 Å². The van der Waals surface area contributed by atoms with Crippen LogP contribution >= 0.6 is 35.3 Å². The average Bonchev–Trinajstić information content (AvgIpc) is 3.33. The monoisotopic (exact) mass is 508 g/mol. The van der Waals surface area contributed by atoms with E-state index in [1.54, 1.807) is 11.3 Å². The van der Waals surface area contributed by atoms with Gasteiger partial charge in [-0.25, -0.2) is 0 Å². The molecule has 2 fully saturated rings. The van der Waals surface area contributed by atoms with Gasteiger partial charge in [-0.15, -0.1) is 35.3 Å². The van der Waals surface area contributed by atoms with Gasteiger partial charge in [0.2, 0.25) is 0 Å². The van der Waals surface area contributed by atoms with Crippen molar-refractivity contribution in [2.75, 3.05) is 45.9 Å². The third-order valence-electron chi connectivity index (χ3n) is 5.23.